The maximum atomic E-state index is 12.2. The minimum atomic E-state index is -1.10. The normalized spacial score (nSPS) is 18.3. The van der Waals surface area contributed by atoms with Crippen LogP contribution in [-0.4, -0.2) is 24.8 Å². The molecule has 0 atom stereocenters. The summed E-state index contributed by atoms with van der Waals surface area (Å²) in [5, 5.41) is 2.71. The Morgan fingerprint density at radius 3 is 2.50 bits per heavy atom. The fourth-order valence-electron chi connectivity index (χ4n) is 2.07. The van der Waals surface area contributed by atoms with Crippen molar-refractivity contribution in [2.75, 3.05) is 7.11 Å². The topological polar surface area (TPSA) is 73.9 Å². The molecule has 0 bridgehead atoms. The number of nitrogens with one attached hydrogen (secondary N) is 1. The van der Waals surface area contributed by atoms with Crippen molar-refractivity contribution in [1.82, 2.24) is 5.32 Å². The second kappa shape index (κ2) is 6.09. The van der Waals surface area contributed by atoms with Gasteiger partial charge in [-0.2, -0.15) is 0 Å². The Labute approximate surface area is 129 Å². The van der Waals surface area contributed by atoms with Crippen LogP contribution in [0.5, 0.6) is 0 Å². The van der Waals surface area contributed by atoms with E-state index in [4.69, 9.17) is 14.2 Å². The van der Waals surface area contributed by atoms with Crippen LogP contribution < -0.4 is 5.32 Å². The van der Waals surface area contributed by atoms with Crippen molar-refractivity contribution in [1.29, 1.82) is 0 Å². The Hall–Kier alpha value is -2.50. The molecule has 2 rings (SSSR count). The van der Waals surface area contributed by atoms with Gasteiger partial charge in [0, 0.05) is 20.4 Å². The highest BCUT2D eigenvalue weighted by atomic mass is 16.8. The van der Waals surface area contributed by atoms with Crippen LogP contribution in [0.3, 0.4) is 0 Å². The highest BCUT2D eigenvalue weighted by Crippen LogP contribution is 2.28. The van der Waals surface area contributed by atoms with Crippen molar-refractivity contribution in [3.63, 3.8) is 0 Å². The van der Waals surface area contributed by atoms with Gasteiger partial charge >= 0.3 is 5.97 Å². The van der Waals surface area contributed by atoms with Gasteiger partial charge in [-0.15, -0.1) is 0 Å². The average Bonchev–Trinajstić information content (AvgIpc) is 2.72. The van der Waals surface area contributed by atoms with Gasteiger partial charge in [0.2, 0.25) is 11.5 Å². The number of aryl methyl sites for hydroxylation is 1. The summed E-state index contributed by atoms with van der Waals surface area (Å²) in [6.07, 6.45) is 0. The molecule has 0 unspecified atom stereocenters. The highest BCUT2D eigenvalue weighted by Gasteiger charge is 2.41. The zero-order valence-corrected chi connectivity index (χ0v) is 13.1. The van der Waals surface area contributed by atoms with Gasteiger partial charge < -0.3 is 19.5 Å². The standard InChI is InChI=1S/C16H19NO5/c1-10-7-5-6-8-11(10)9-17-14(18)12(20-4)13-15(19)22-16(2,3)21-13/h5-8H,9H2,1-4H3,(H,17,18). The predicted molar refractivity (Wildman–Crippen MR) is 78.3 cm³/mol. The van der Waals surface area contributed by atoms with Gasteiger partial charge in [-0.3, -0.25) is 4.79 Å². The molecule has 1 amide bonds. The Balaban J connectivity index is 2.13. The molecule has 0 spiro atoms. The Morgan fingerprint density at radius 1 is 1.27 bits per heavy atom. The third-order valence-electron chi connectivity index (χ3n) is 3.19. The van der Waals surface area contributed by atoms with Crippen LogP contribution in [0.4, 0.5) is 0 Å². The minimum Gasteiger partial charge on any atom is -0.488 e. The van der Waals surface area contributed by atoms with E-state index in [0.29, 0.717) is 6.54 Å². The highest BCUT2D eigenvalue weighted by molar-refractivity contribution is 6.00. The molecule has 0 aliphatic carbocycles. The summed E-state index contributed by atoms with van der Waals surface area (Å²) >= 11 is 0. The van der Waals surface area contributed by atoms with E-state index in [-0.39, 0.29) is 11.5 Å². The number of cyclic esters (lactones) is 1. The number of esters is 1. The van der Waals surface area contributed by atoms with Crippen LogP contribution in [0.25, 0.3) is 0 Å². The first-order chi connectivity index (χ1) is 10.3. The maximum Gasteiger partial charge on any atom is 0.381 e. The van der Waals surface area contributed by atoms with E-state index in [1.807, 2.05) is 31.2 Å². The third kappa shape index (κ3) is 3.39. The number of amides is 1. The molecule has 1 N–H and O–H groups in total. The number of carbonyl (C=O) groups excluding carboxylic acids is 2. The largest absolute Gasteiger partial charge is 0.488 e. The summed E-state index contributed by atoms with van der Waals surface area (Å²) in [4.78, 5) is 24.0. The molecule has 22 heavy (non-hydrogen) atoms. The molecule has 1 aliphatic rings. The number of carbonyl (C=O) groups is 2. The second-order valence-corrected chi connectivity index (χ2v) is 5.36. The van der Waals surface area contributed by atoms with Gasteiger partial charge in [0.1, 0.15) is 0 Å². The van der Waals surface area contributed by atoms with Crippen molar-refractivity contribution in [3.8, 4) is 0 Å². The van der Waals surface area contributed by atoms with Gasteiger partial charge in [0.25, 0.3) is 11.7 Å². The lowest BCUT2D eigenvalue weighted by Crippen LogP contribution is -2.27. The van der Waals surface area contributed by atoms with Crippen molar-refractivity contribution in [2.45, 2.75) is 33.1 Å². The van der Waals surface area contributed by atoms with Crippen LogP contribution in [0.15, 0.2) is 35.8 Å². The van der Waals surface area contributed by atoms with Gasteiger partial charge in [-0.25, -0.2) is 4.79 Å². The van der Waals surface area contributed by atoms with Gasteiger partial charge in [0.15, 0.2) is 0 Å². The van der Waals surface area contributed by atoms with Crippen LogP contribution in [0.2, 0.25) is 0 Å². The molecule has 1 aromatic rings. The molecular formula is C16H19NO5. The zero-order valence-electron chi connectivity index (χ0n) is 13.1. The van der Waals surface area contributed by atoms with Gasteiger partial charge in [-0.1, -0.05) is 24.3 Å². The molecule has 0 aromatic heterocycles. The molecular weight excluding hydrogens is 286 g/mol. The van der Waals surface area contributed by atoms with Crippen molar-refractivity contribution >= 4 is 11.9 Å². The molecule has 6 nitrogen and oxygen atoms in total. The van der Waals surface area contributed by atoms with Crippen molar-refractivity contribution in [2.24, 2.45) is 0 Å². The molecule has 0 saturated carbocycles. The van der Waals surface area contributed by atoms with Crippen LogP contribution >= 0.6 is 0 Å². The van der Waals surface area contributed by atoms with Crippen LogP contribution in [0, 0.1) is 6.92 Å². The van der Waals surface area contributed by atoms with E-state index >= 15 is 0 Å². The summed E-state index contributed by atoms with van der Waals surface area (Å²) in [7, 11) is 1.30. The fraction of sp³-hybridized carbons (Fsp3) is 0.375. The quantitative estimate of drug-likeness (QED) is 0.521. The molecule has 6 heteroatoms. The van der Waals surface area contributed by atoms with Crippen molar-refractivity contribution < 1.29 is 23.8 Å². The smallest absolute Gasteiger partial charge is 0.381 e. The number of ether oxygens (including phenoxy) is 3. The first-order valence-electron chi connectivity index (χ1n) is 6.87. The lowest BCUT2D eigenvalue weighted by Gasteiger charge is -2.15. The third-order valence-corrected chi connectivity index (χ3v) is 3.19. The van der Waals surface area contributed by atoms with Crippen molar-refractivity contribution in [3.05, 3.63) is 46.9 Å². The number of benzene rings is 1. The summed E-state index contributed by atoms with van der Waals surface area (Å²) in [5.74, 6) is -2.76. The SMILES string of the molecule is COC(C(=O)NCc1ccccc1C)=C1OC(C)(C)OC1=O. The molecule has 0 radical (unpaired) electrons. The molecule has 1 saturated heterocycles. The average molecular weight is 305 g/mol. The maximum absolute atomic E-state index is 12.2. The lowest BCUT2D eigenvalue weighted by atomic mass is 10.1. The molecule has 1 fully saturated rings. The first-order valence-corrected chi connectivity index (χ1v) is 6.87. The monoisotopic (exact) mass is 305 g/mol. The van der Waals surface area contributed by atoms with Gasteiger partial charge in [-0.05, 0) is 18.1 Å². The second-order valence-electron chi connectivity index (χ2n) is 5.36. The molecule has 1 aromatic carbocycles. The molecule has 1 heterocycles. The summed E-state index contributed by atoms with van der Waals surface area (Å²) < 4.78 is 15.4. The Kier molecular flexibility index (Phi) is 4.40. The zero-order chi connectivity index (χ0) is 16.3. The fourth-order valence-corrected chi connectivity index (χ4v) is 2.07. The Morgan fingerprint density at radius 2 is 1.95 bits per heavy atom. The van der Waals surface area contributed by atoms with E-state index in [2.05, 4.69) is 5.32 Å². The van der Waals surface area contributed by atoms with E-state index in [9.17, 15) is 9.59 Å². The summed E-state index contributed by atoms with van der Waals surface area (Å²) in [5.41, 5.74) is 2.04. The van der Waals surface area contributed by atoms with Crippen LogP contribution in [-0.2, 0) is 30.3 Å². The summed E-state index contributed by atoms with van der Waals surface area (Å²) in [6, 6.07) is 7.69. The lowest BCUT2D eigenvalue weighted by molar-refractivity contribution is -0.159. The number of rotatable bonds is 4. The van der Waals surface area contributed by atoms with E-state index in [0.717, 1.165) is 11.1 Å². The minimum absolute atomic E-state index is 0.191. The first kappa shape index (κ1) is 15.9. The number of methoxy groups -OCH3 is 1. The molecule has 1 aliphatic heterocycles. The Bertz CT molecular complexity index is 633. The van der Waals surface area contributed by atoms with E-state index in [1.54, 1.807) is 13.8 Å². The molecule has 118 valence electrons. The van der Waals surface area contributed by atoms with E-state index < -0.39 is 17.7 Å². The van der Waals surface area contributed by atoms with Gasteiger partial charge in [0.05, 0.1) is 7.11 Å². The predicted octanol–water partition coefficient (Wildman–Crippen LogP) is 1.78. The van der Waals surface area contributed by atoms with E-state index in [1.165, 1.54) is 7.11 Å². The number of hydrogen-bond donors (Lipinski definition) is 1. The summed E-state index contributed by atoms with van der Waals surface area (Å²) in [6.45, 7) is 5.44. The van der Waals surface area contributed by atoms with Crippen LogP contribution in [0.1, 0.15) is 25.0 Å². The number of hydrogen-bond acceptors (Lipinski definition) is 5.